The van der Waals surface area contributed by atoms with Crippen molar-refractivity contribution in [2.75, 3.05) is 6.61 Å². The molecule has 0 amide bonds. The van der Waals surface area contributed by atoms with Gasteiger partial charge in [-0.25, -0.2) is 4.39 Å². The highest BCUT2D eigenvalue weighted by Crippen LogP contribution is 2.18. The van der Waals surface area contributed by atoms with E-state index in [0.717, 1.165) is 5.56 Å². The lowest BCUT2D eigenvalue weighted by atomic mass is 10.2. The van der Waals surface area contributed by atoms with Crippen molar-refractivity contribution < 1.29 is 9.13 Å². The molecule has 1 rings (SSSR count). The van der Waals surface area contributed by atoms with Crippen LogP contribution < -0.4 is 10.5 Å². The number of ether oxygens (including phenoxy) is 1. The molecule has 0 unspecified atom stereocenters. The zero-order chi connectivity index (χ0) is 9.84. The Morgan fingerprint density at radius 3 is 2.92 bits per heavy atom. The van der Waals surface area contributed by atoms with E-state index in [2.05, 4.69) is 0 Å². The average molecular weight is 182 g/mol. The van der Waals surface area contributed by atoms with Gasteiger partial charge in [0.05, 0.1) is 0 Å². The Bertz CT molecular complexity index is 325. The number of hydrogen-bond acceptors (Lipinski definition) is 2. The summed E-state index contributed by atoms with van der Waals surface area (Å²) in [6, 6.07) is 4.25. The van der Waals surface area contributed by atoms with Gasteiger partial charge in [-0.15, -0.1) is 0 Å². The molecule has 3 nitrogen and oxygen atoms in total. The van der Waals surface area contributed by atoms with Crippen molar-refractivity contribution in [1.29, 1.82) is 5.41 Å². The molecule has 4 heteroatoms. The number of hydrogen-bond donors (Lipinski definition) is 2. The number of halogens is 1. The maximum atomic E-state index is 12.7. The zero-order valence-corrected chi connectivity index (χ0v) is 7.30. The summed E-state index contributed by atoms with van der Waals surface area (Å²) < 4.78 is 17.8. The summed E-state index contributed by atoms with van der Waals surface area (Å²) in [5, 5.41) is 6.93. The quantitative estimate of drug-likeness (QED) is 0.549. The number of benzene rings is 1. The van der Waals surface area contributed by atoms with Gasteiger partial charge in [-0.3, -0.25) is 5.41 Å². The molecule has 1 aromatic carbocycles. The zero-order valence-electron chi connectivity index (χ0n) is 7.30. The third-order valence-corrected chi connectivity index (χ3v) is 1.53. The second-order valence-corrected chi connectivity index (χ2v) is 2.72. The molecule has 0 saturated heterocycles. The Kier molecular flexibility index (Phi) is 2.84. The van der Waals surface area contributed by atoms with Crippen molar-refractivity contribution in [2.45, 2.75) is 6.92 Å². The highest BCUT2D eigenvalue weighted by Gasteiger charge is 2.01. The van der Waals surface area contributed by atoms with Gasteiger partial charge in [0.15, 0.2) is 0 Å². The van der Waals surface area contributed by atoms with Crippen LogP contribution in [0.3, 0.4) is 0 Å². The molecular formula is C9H11FN2O. The van der Waals surface area contributed by atoms with Crippen molar-refractivity contribution in [3.05, 3.63) is 29.6 Å². The third-order valence-electron chi connectivity index (χ3n) is 1.53. The summed E-state index contributed by atoms with van der Waals surface area (Å²) in [5.41, 5.74) is 5.91. The lowest BCUT2D eigenvalue weighted by Gasteiger charge is -2.07. The van der Waals surface area contributed by atoms with Gasteiger partial charge in [0.1, 0.15) is 24.0 Å². The number of nitrogens with two attached hydrogens (primary N) is 1. The molecule has 13 heavy (non-hydrogen) atoms. The SMILES string of the molecule is Cc1ccc(F)cc1OCC(=N)N. The summed E-state index contributed by atoms with van der Waals surface area (Å²) in [6.07, 6.45) is 0. The summed E-state index contributed by atoms with van der Waals surface area (Å²) >= 11 is 0. The van der Waals surface area contributed by atoms with Crippen molar-refractivity contribution >= 4 is 5.84 Å². The van der Waals surface area contributed by atoms with E-state index in [0.29, 0.717) is 5.75 Å². The summed E-state index contributed by atoms with van der Waals surface area (Å²) in [6.45, 7) is 1.79. The van der Waals surface area contributed by atoms with Crippen LogP contribution in [0.5, 0.6) is 5.75 Å². The highest BCUT2D eigenvalue weighted by molar-refractivity contribution is 5.78. The van der Waals surface area contributed by atoms with Crippen molar-refractivity contribution in [3.63, 3.8) is 0 Å². The fraction of sp³-hybridized carbons (Fsp3) is 0.222. The van der Waals surface area contributed by atoms with Crippen LogP contribution >= 0.6 is 0 Å². The van der Waals surface area contributed by atoms with Crippen LogP contribution in [-0.2, 0) is 0 Å². The predicted molar refractivity (Wildman–Crippen MR) is 48.5 cm³/mol. The minimum absolute atomic E-state index is 0.00963. The fourth-order valence-corrected chi connectivity index (χ4v) is 0.885. The van der Waals surface area contributed by atoms with Crippen LogP contribution in [0.25, 0.3) is 0 Å². The number of aryl methyl sites for hydroxylation is 1. The second-order valence-electron chi connectivity index (χ2n) is 2.72. The Morgan fingerprint density at radius 2 is 2.31 bits per heavy atom. The van der Waals surface area contributed by atoms with E-state index in [9.17, 15) is 4.39 Å². The number of nitrogens with one attached hydrogen (secondary N) is 1. The molecule has 70 valence electrons. The molecular weight excluding hydrogens is 171 g/mol. The van der Waals surface area contributed by atoms with Crippen LogP contribution in [0.1, 0.15) is 5.56 Å². The van der Waals surface area contributed by atoms with Crippen LogP contribution in [0.4, 0.5) is 4.39 Å². The molecule has 0 aliphatic carbocycles. The first-order valence-corrected chi connectivity index (χ1v) is 3.81. The summed E-state index contributed by atoms with van der Waals surface area (Å²) in [4.78, 5) is 0. The Labute approximate surface area is 75.8 Å². The molecule has 0 aliphatic heterocycles. The summed E-state index contributed by atoms with van der Waals surface area (Å²) in [5.74, 6) is -0.0111. The Balaban J connectivity index is 2.75. The number of rotatable bonds is 3. The first-order chi connectivity index (χ1) is 6.09. The standard InChI is InChI=1S/C9H11FN2O/c1-6-2-3-7(10)4-8(6)13-5-9(11)12/h2-4H,5H2,1H3,(H3,11,12). The van der Waals surface area contributed by atoms with Crippen LogP contribution in [0.15, 0.2) is 18.2 Å². The molecule has 0 atom stereocenters. The lowest BCUT2D eigenvalue weighted by molar-refractivity contribution is 0.369. The molecule has 0 radical (unpaired) electrons. The van der Waals surface area contributed by atoms with Gasteiger partial charge in [0, 0.05) is 6.07 Å². The molecule has 3 N–H and O–H groups in total. The molecule has 0 spiro atoms. The van der Waals surface area contributed by atoms with Gasteiger partial charge in [-0.2, -0.15) is 0 Å². The van der Waals surface area contributed by atoms with Crippen LogP contribution in [-0.4, -0.2) is 12.4 Å². The summed E-state index contributed by atoms with van der Waals surface area (Å²) in [7, 11) is 0. The maximum absolute atomic E-state index is 12.7. The van der Waals surface area contributed by atoms with Gasteiger partial charge in [0.2, 0.25) is 0 Å². The maximum Gasteiger partial charge on any atom is 0.145 e. The minimum Gasteiger partial charge on any atom is -0.485 e. The van der Waals surface area contributed by atoms with E-state index < -0.39 is 0 Å². The molecule has 0 bridgehead atoms. The van der Waals surface area contributed by atoms with Crippen LogP contribution in [0, 0.1) is 18.2 Å². The molecule has 1 aromatic rings. The lowest BCUT2D eigenvalue weighted by Crippen LogP contribution is -2.19. The van der Waals surface area contributed by atoms with E-state index in [1.807, 2.05) is 0 Å². The fourth-order valence-electron chi connectivity index (χ4n) is 0.885. The Hall–Kier alpha value is -1.58. The third kappa shape index (κ3) is 2.74. The smallest absolute Gasteiger partial charge is 0.145 e. The first kappa shape index (κ1) is 9.51. The largest absolute Gasteiger partial charge is 0.485 e. The van der Waals surface area contributed by atoms with Crippen molar-refractivity contribution in [1.82, 2.24) is 0 Å². The predicted octanol–water partition coefficient (Wildman–Crippen LogP) is 1.45. The topological polar surface area (TPSA) is 59.1 Å². The highest BCUT2D eigenvalue weighted by atomic mass is 19.1. The van der Waals surface area contributed by atoms with Gasteiger partial charge >= 0.3 is 0 Å². The van der Waals surface area contributed by atoms with E-state index in [1.54, 1.807) is 13.0 Å². The molecule has 0 aromatic heterocycles. The van der Waals surface area contributed by atoms with E-state index in [1.165, 1.54) is 12.1 Å². The normalized spacial score (nSPS) is 9.69. The average Bonchev–Trinajstić information content (AvgIpc) is 2.06. The van der Waals surface area contributed by atoms with Gasteiger partial charge in [0.25, 0.3) is 0 Å². The van der Waals surface area contributed by atoms with E-state index in [-0.39, 0.29) is 18.3 Å². The molecule has 0 aliphatic rings. The van der Waals surface area contributed by atoms with Gasteiger partial charge in [-0.05, 0) is 18.6 Å². The minimum atomic E-state index is -0.357. The molecule has 0 heterocycles. The molecule has 0 fully saturated rings. The monoisotopic (exact) mass is 182 g/mol. The van der Waals surface area contributed by atoms with Gasteiger partial charge in [-0.1, -0.05) is 6.07 Å². The van der Waals surface area contributed by atoms with E-state index in [4.69, 9.17) is 15.9 Å². The van der Waals surface area contributed by atoms with Crippen molar-refractivity contribution in [2.24, 2.45) is 5.73 Å². The first-order valence-electron chi connectivity index (χ1n) is 3.81. The number of amidine groups is 1. The van der Waals surface area contributed by atoms with Crippen molar-refractivity contribution in [3.8, 4) is 5.75 Å². The Morgan fingerprint density at radius 1 is 1.62 bits per heavy atom. The van der Waals surface area contributed by atoms with Crippen LogP contribution in [0.2, 0.25) is 0 Å². The van der Waals surface area contributed by atoms with E-state index >= 15 is 0 Å². The second kappa shape index (κ2) is 3.89. The van der Waals surface area contributed by atoms with Gasteiger partial charge < -0.3 is 10.5 Å². The molecule has 0 saturated carbocycles.